The van der Waals surface area contributed by atoms with E-state index in [1.54, 1.807) is 27.8 Å². The number of carbonyl (C=O) groups excluding carboxylic acids is 8. The summed E-state index contributed by atoms with van der Waals surface area (Å²) >= 11 is 7.99. The van der Waals surface area contributed by atoms with Crippen molar-refractivity contribution in [2.24, 2.45) is 11.8 Å². The summed E-state index contributed by atoms with van der Waals surface area (Å²) in [4.78, 5) is 109. The lowest BCUT2D eigenvalue weighted by Gasteiger charge is -2.41. The zero-order valence-electron chi connectivity index (χ0n) is 42.7. The minimum absolute atomic E-state index is 0.0219. The van der Waals surface area contributed by atoms with Gasteiger partial charge >= 0.3 is 12.1 Å². The maximum Gasteiger partial charge on any atom is 0.409 e. The fourth-order valence-electron chi connectivity index (χ4n) is 9.15. The molecule has 0 aliphatic carbocycles. The van der Waals surface area contributed by atoms with Crippen molar-refractivity contribution in [3.05, 3.63) is 64.2 Å². The molecule has 0 saturated carbocycles. The van der Waals surface area contributed by atoms with Crippen LogP contribution in [0.4, 0.5) is 10.5 Å². The fraction of sp³-hybridized carbons (Fsp3) is 0.608. The van der Waals surface area contributed by atoms with Crippen molar-refractivity contribution < 1.29 is 71.9 Å². The summed E-state index contributed by atoms with van der Waals surface area (Å²) in [5.74, 6) is -3.99. The van der Waals surface area contributed by atoms with Crippen LogP contribution < -0.4 is 10.2 Å². The normalized spacial score (nSPS) is 29.1. The molecule has 0 spiro atoms. The first-order valence-corrected chi connectivity index (χ1v) is 25.9. The summed E-state index contributed by atoms with van der Waals surface area (Å²) < 4.78 is 34.6. The molecule has 73 heavy (non-hydrogen) atoms. The smallest absolute Gasteiger partial charge is 0.409 e. The average molecular weight is 1060 g/mol. The van der Waals surface area contributed by atoms with Gasteiger partial charge in [-0.2, -0.15) is 0 Å². The van der Waals surface area contributed by atoms with Gasteiger partial charge in [0.05, 0.1) is 81.2 Å². The number of hydrogen-bond acceptors (Lipinski definition) is 16. The van der Waals surface area contributed by atoms with Crippen LogP contribution in [-0.2, 0) is 68.4 Å². The van der Waals surface area contributed by atoms with Gasteiger partial charge in [-0.15, -0.1) is 11.8 Å². The third kappa shape index (κ3) is 14.2. The molecule has 0 aromatic heterocycles. The topological polar surface area (TPSA) is 240 Å². The summed E-state index contributed by atoms with van der Waals surface area (Å²) in [5, 5.41) is 14.0. The van der Waals surface area contributed by atoms with Crippen LogP contribution in [0.2, 0.25) is 5.02 Å². The van der Waals surface area contributed by atoms with Gasteiger partial charge in [0.15, 0.2) is 0 Å². The lowest BCUT2D eigenvalue weighted by atomic mass is 9.82. The second-order valence-electron chi connectivity index (χ2n) is 19.3. The van der Waals surface area contributed by atoms with Gasteiger partial charge in [0.1, 0.15) is 29.6 Å². The second kappa shape index (κ2) is 24.9. The van der Waals surface area contributed by atoms with Crippen molar-refractivity contribution in [2.45, 2.75) is 115 Å². The molecule has 9 atom stereocenters. The number of amides is 7. The van der Waals surface area contributed by atoms with E-state index in [0.717, 1.165) is 26.5 Å². The van der Waals surface area contributed by atoms with Crippen LogP contribution in [0.5, 0.6) is 0 Å². The van der Waals surface area contributed by atoms with Crippen LogP contribution in [0.1, 0.15) is 71.4 Å². The van der Waals surface area contributed by atoms with Gasteiger partial charge in [0.25, 0.3) is 11.8 Å². The molecule has 9 unspecified atom stereocenters. The van der Waals surface area contributed by atoms with E-state index in [4.69, 9.17) is 40.0 Å². The highest BCUT2D eigenvalue weighted by molar-refractivity contribution is 8.00. The summed E-state index contributed by atoms with van der Waals surface area (Å²) in [6.07, 6.45) is 4.64. The van der Waals surface area contributed by atoms with E-state index >= 15 is 0 Å². The first kappa shape index (κ1) is 57.1. The first-order chi connectivity index (χ1) is 34.5. The van der Waals surface area contributed by atoms with Crippen molar-refractivity contribution in [1.82, 2.24) is 20.0 Å². The Morgan fingerprint density at radius 3 is 2.23 bits per heavy atom. The zero-order valence-corrected chi connectivity index (χ0v) is 44.3. The number of likely N-dealkylation sites (N-methyl/N-ethyl adjacent to an activating group) is 1. The number of fused-ring (bicyclic) bond motifs is 5. The van der Waals surface area contributed by atoms with E-state index in [9.17, 15) is 43.5 Å². The van der Waals surface area contributed by atoms with E-state index in [1.165, 1.54) is 47.7 Å². The van der Waals surface area contributed by atoms with Gasteiger partial charge in [0, 0.05) is 63.1 Å². The minimum Gasteiger partial charge on any atom is -0.457 e. The van der Waals surface area contributed by atoms with Crippen molar-refractivity contribution in [1.29, 1.82) is 0 Å². The van der Waals surface area contributed by atoms with Crippen LogP contribution in [-0.4, -0.2) is 181 Å². The van der Waals surface area contributed by atoms with E-state index in [-0.39, 0.29) is 108 Å². The van der Waals surface area contributed by atoms with Crippen LogP contribution in [0.3, 0.4) is 0 Å². The number of allylic oxidation sites excluding steroid dienone is 3. The highest BCUT2D eigenvalue weighted by Crippen LogP contribution is 2.49. The Morgan fingerprint density at radius 1 is 0.945 bits per heavy atom. The molecule has 20 nitrogen and oxygen atoms in total. The van der Waals surface area contributed by atoms with Crippen LogP contribution in [0.15, 0.2) is 48.1 Å². The molecule has 400 valence electrons. The monoisotopic (exact) mass is 1060 g/mol. The van der Waals surface area contributed by atoms with Crippen molar-refractivity contribution in [2.75, 3.05) is 77.5 Å². The van der Waals surface area contributed by atoms with E-state index in [0.29, 0.717) is 17.1 Å². The Hall–Kier alpha value is -5.16. The van der Waals surface area contributed by atoms with Crippen molar-refractivity contribution in [3.8, 4) is 0 Å². The number of hydrogen-bond donors (Lipinski definition) is 2. The average Bonchev–Trinajstić information content (AvgIpc) is 3.84. The standard InChI is InChI=1S/C51H68ClN5O15S/c1-30-10-9-11-32(3)51(66)29-37(70-49(65)53-51)33(4)46-50(6,72-46)39(28-43(61)55(8)36-26-35(24-30)25-31(2)45(36)52)71-48(64)34(5)54(7)40(58)14-23-73-38-27-44(62)57(47(38)63)16-18-68-20-22-69-21-19-67-17-15-56-41(59)12-13-42(56)60/h9-13,25-26,32-34,37-39,46,66H,14-24,27-29H2,1-8H3,(H,53,65)/b11-9+,30-10+. The Balaban J connectivity index is 1.01. The van der Waals surface area contributed by atoms with Crippen LogP contribution >= 0.6 is 23.4 Å². The molecule has 1 aromatic carbocycles. The maximum atomic E-state index is 14.3. The number of anilines is 1. The van der Waals surface area contributed by atoms with Crippen LogP contribution in [0.25, 0.3) is 0 Å². The Labute approximate surface area is 435 Å². The first-order valence-electron chi connectivity index (χ1n) is 24.5. The summed E-state index contributed by atoms with van der Waals surface area (Å²) in [6.45, 7) is 12.1. The number of thioether (sulfide) groups is 1. The molecule has 0 radical (unpaired) electrons. The Bertz CT molecular complexity index is 2360. The molecule has 3 saturated heterocycles. The number of halogens is 1. The lowest BCUT2D eigenvalue weighted by molar-refractivity contribution is -0.162. The number of aryl methyl sites for hydroxylation is 1. The SMILES string of the molecule is C/C1=C\C=C\C(C)C2(O)CC(OC(=O)N2)C(C)C2OC2(C)C(OC(=O)C(C)N(C)C(=O)CCSC2CC(=O)N(CCOCCOCCOCCN3C(=O)C=CC3=O)C2=O)CC(=O)N(C)c2cc(cc(C)c2Cl)C1. The highest BCUT2D eigenvalue weighted by atomic mass is 35.5. The number of nitrogens with one attached hydrogen (secondary N) is 1. The largest absolute Gasteiger partial charge is 0.457 e. The molecule has 4 bridgehead atoms. The number of rotatable bonds is 19. The molecular formula is C51H68ClN5O15S. The summed E-state index contributed by atoms with van der Waals surface area (Å²) in [7, 11) is 3.05. The molecule has 2 N–H and O–H groups in total. The van der Waals surface area contributed by atoms with Crippen molar-refractivity contribution >= 4 is 76.6 Å². The van der Waals surface area contributed by atoms with E-state index < -0.39 is 76.6 Å². The number of epoxide rings is 1. The third-order valence-corrected chi connectivity index (χ3v) is 15.8. The number of alkyl carbamates (subject to hydrolysis) is 1. The zero-order chi connectivity index (χ0) is 53.4. The predicted octanol–water partition coefficient (Wildman–Crippen LogP) is 3.66. The van der Waals surface area contributed by atoms with Gasteiger partial charge in [0.2, 0.25) is 23.6 Å². The molecule has 5 heterocycles. The summed E-state index contributed by atoms with van der Waals surface area (Å²) in [6, 6.07) is 2.67. The number of aliphatic hydroxyl groups is 1. The predicted molar refractivity (Wildman–Crippen MR) is 268 cm³/mol. The maximum absolute atomic E-state index is 14.3. The molecule has 6 rings (SSSR count). The second-order valence-corrected chi connectivity index (χ2v) is 21.0. The number of imide groups is 2. The fourth-order valence-corrected chi connectivity index (χ4v) is 10.5. The highest BCUT2D eigenvalue weighted by Gasteiger charge is 2.64. The molecule has 7 amide bonds. The lowest BCUT2D eigenvalue weighted by Crippen LogP contribution is -2.60. The molecule has 5 aliphatic rings. The van der Waals surface area contributed by atoms with E-state index in [2.05, 4.69) is 5.32 Å². The quantitative estimate of drug-likeness (QED) is 0.0870. The molecule has 1 aromatic rings. The van der Waals surface area contributed by atoms with Crippen molar-refractivity contribution in [3.63, 3.8) is 0 Å². The van der Waals surface area contributed by atoms with Gasteiger partial charge in [-0.3, -0.25) is 43.9 Å². The van der Waals surface area contributed by atoms with Gasteiger partial charge in [-0.25, -0.2) is 9.59 Å². The number of esters is 1. The minimum atomic E-state index is -1.65. The molecule has 3 fully saturated rings. The van der Waals surface area contributed by atoms with Gasteiger partial charge < -0.3 is 43.3 Å². The number of ether oxygens (including phenoxy) is 6. The number of benzene rings is 1. The Kier molecular flexibility index (Phi) is 19.5. The Morgan fingerprint density at radius 2 is 1.58 bits per heavy atom. The van der Waals surface area contributed by atoms with Crippen LogP contribution in [0, 0.1) is 18.8 Å². The third-order valence-electron chi connectivity index (χ3n) is 14.1. The van der Waals surface area contributed by atoms with E-state index in [1.807, 2.05) is 44.2 Å². The summed E-state index contributed by atoms with van der Waals surface area (Å²) in [5.41, 5.74) is 0.197. The number of likely N-dealkylation sites (tertiary alicyclic amines) is 1. The number of carbonyl (C=O) groups is 8. The van der Waals surface area contributed by atoms with Gasteiger partial charge in [-0.1, -0.05) is 55.3 Å². The van der Waals surface area contributed by atoms with Gasteiger partial charge in [-0.05, 0) is 51.3 Å². The molecular weight excluding hydrogens is 990 g/mol. The molecule has 5 aliphatic heterocycles. The molecule has 22 heteroatoms. The number of nitrogens with zero attached hydrogens (tertiary/aromatic N) is 4.